The first-order valence-electron chi connectivity index (χ1n) is 9.96. The maximum atomic E-state index is 7.75. The molecule has 0 bridgehead atoms. The minimum atomic E-state index is -0.479. The van der Waals surface area contributed by atoms with Crippen LogP contribution in [0.25, 0.3) is 0 Å². The highest BCUT2D eigenvalue weighted by Crippen LogP contribution is 2.38. The SMILES string of the molecule is CC1(C)OB(/C(C=N)=C/NC2CCN(C3CCOCC3)CC2)OC1(C)C. The Morgan fingerprint density at radius 2 is 1.62 bits per heavy atom. The van der Waals surface area contributed by atoms with Crippen molar-refractivity contribution in [3.63, 3.8) is 0 Å². The molecule has 2 N–H and O–H groups in total. The standard InChI is InChI=1S/C19H34BN3O3/c1-18(2)19(3,4)26-20(25-18)15(13-21)14-22-16-5-9-23(10-6-16)17-7-11-24-12-8-17/h13-14,16-17,21-22H,5-12H2,1-4H3/b15-14+,21-13?. The Morgan fingerprint density at radius 1 is 1.04 bits per heavy atom. The number of likely N-dealkylation sites (tertiary alicyclic amines) is 1. The smallest absolute Gasteiger partial charge is 0.399 e. The van der Waals surface area contributed by atoms with Gasteiger partial charge >= 0.3 is 7.12 Å². The second-order valence-corrected chi connectivity index (χ2v) is 8.70. The average Bonchev–Trinajstić information content (AvgIpc) is 2.84. The van der Waals surface area contributed by atoms with Gasteiger partial charge in [0.25, 0.3) is 0 Å². The van der Waals surface area contributed by atoms with Crippen molar-refractivity contribution in [1.29, 1.82) is 5.41 Å². The van der Waals surface area contributed by atoms with E-state index in [0.29, 0.717) is 12.1 Å². The maximum absolute atomic E-state index is 7.75. The summed E-state index contributed by atoms with van der Waals surface area (Å²) in [4.78, 5) is 2.62. The molecule has 0 aromatic carbocycles. The number of ether oxygens (including phenoxy) is 1. The Hall–Kier alpha value is -0.885. The van der Waals surface area contributed by atoms with Crippen molar-refractivity contribution in [2.24, 2.45) is 0 Å². The van der Waals surface area contributed by atoms with Crippen molar-refractivity contribution in [3.05, 3.63) is 11.7 Å². The second-order valence-electron chi connectivity index (χ2n) is 8.70. The number of hydrogen-bond acceptors (Lipinski definition) is 6. The molecule has 3 saturated heterocycles. The number of nitrogens with zero attached hydrogens (tertiary/aromatic N) is 1. The van der Waals surface area contributed by atoms with Gasteiger partial charge in [-0.15, -0.1) is 0 Å². The van der Waals surface area contributed by atoms with E-state index < -0.39 is 7.12 Å². The van der Waals surface area contributed by atoms with E-state index in [1.807, 2.05) is 33.9 Å². The van der Waals surface area contributed by atoms with Crippen molar-refractivity contribution >= 4 is 13.3 Å². The molecular weight excluding hydrogens is 329 g/mol. The summed E-state index contributed by atoms with van der Waals surface area (Å²) in [5.41, 5.74) is -0.0144. The lowest BCUT2D eigenvalue weighted by Crippen LogP contribution is -2.47. The van der Waals surface area contributed by atoms with Crippen molar-refractivity contribution < 1.29 is 14.0 Å². The van der Waals surface area contributed by atoms with Gasteiger partial charge in [0.2, 0.25) is 0 Å². The molecular formula is C19H34BN3O3. The van der Waals surface area contributed by atoms with Gasteiger partial charge in [-0.3, -0.25) is 0 Å². The Labute approximate surface area is 158 Å². The molecule has 0 atom stereocenters. The molecule has 3 rings (SSSR count). The van der Waals surface area contributed by atoms with Crippen LogP contribution < -0.4 is 5.32 Å². The van der Waals surface area contributed by atoms with E-state index in [2.05, 4.69) is 10.2 Å². The van der Waals surface area contributed by atoms with E-state index in [0.717, 1.165) is 57.5 Å². The molecule has 0 aliphatic carbocycles. The molecule has 3 aliphatic rings. The van der Waals surface area contributed by atoms with Crippen LogP contribution in [0.5, 0.6) is 0 Å². The van der Waals surface area contributed by atoms with E-state index in [4.69, 9.17) is 19.5 Å². The van der Waals surface area contributed by atoms with Gasteiger partial charge in [-0.25, -0.2) is 0 Å². The lowest BCUT2D eigenvalue weighted by Gasteiger charge is -2.39. The minimum Gasteiger partial charge on any atom is -0.399 e. The van der Waals surface area contributed by atoms with E-state index in [9.17, 15) is 0 Å². The van der Waals surface area contributed by atoms with E-state index >= 15 is 0 Å². The minimum absolute atomic E-state index is 0.380. The van der Waals surface area contributed by atoms with Gasteiger partial charge in [-0.1, -0.05) is 0 Å². The zero-order valence-corrected chi connectivity index (χ0v) is 16.7. The molecule has 0 saturated carbocycles. The van der Waals surface area contributed by atoms with E-state index in [1.54, 1.807) is 0 Å². The molecule has 0 aromatic rings. The largest absolute Gasteiger partial charge is 0.497 e. The quantitative estimate of drug-likeness (QED) is 0.580. The molecule has 6 nitrogen and oxygen atoms in total. The van der Waals surface area contributed by atoms with Crippen molar-refractivity contribution in [1.82, 2.24) is 10.2 Å². The average molecular weight is 363 g/mol. The van der Waals surface area contributed by atoms with Crippen molar-refractivity contribution in [3.8, 4) is 0 Å². The van der Waals surface area contributed by atoms with Gasteiger partial charge in [0.15, 0.2) is 0 Å². The molecule has 0 unspecified atom stereocenters. The van der Waals surface area contributed by atoms with Gasteiger partial charge < -0.3 is 29.7 Å². The third-order valence-corrected chi connectivity index (χ3v) is 6.41. The molecule has 146 valence electrons. The zero-order valence-electron chi connectivity index (χ0n) is 16.7. The molecule has 0 amide bonds. The van der Waals surface area contributed by atoms with Crippen LogP contribution in [0.4, 0.5) is 0 Å². The molecule has 3 fully saturated rings. The highest BCUT2D eigenvalue weighted by Gasteiger charge is 2.52. The predicted molar refractivity (Wildman–Crippen MR) is 105 cm³/mol. The summed E-state index contributed by atoms with van der Waals surface area (Å²) in [6.45, 7) is 12.2. The van der Waals surface area contributed by atoms with Crippen LogP contribution in [0.3, 0.4) is 0 Å². The number of allylic oxidation sites excluding steroid dienone is 1. The Kier molecular flexibility index (Phi) is 6.12. The normalized spacial score (nSPS) is 28.3. The van der Waals surface area contributed by atoms with E-state index in [1.165, 1.54) is 6.21 Å². The summed E-state index contributed by atoms with van der Waals surface area (Å²) in [5.74, 6) is 0. The molecule has 3 heterocycles. The Balaban J connectivity index is 1.50. The third-order valence-electron chi connectivity index (χ3n) is 6.41. The van der Waals surface area contributed by atoms with Crippen LogP contribution in [0.2, 0.25) is 0 Å². The fraction of sp³-hybridized carbons (Fsp3) is 0.842. The Morgan fingerprint density at radius 3 is 2.15 bits per heavy atom. The van der Waals surface area contributed by atoms with Gasteiger partial charge in [0.05, 0.1) is 11.2 Å². The van der Waals surface area contributed by atoms with Gasteiger partial charge in [-0.2, -0.15) is 0 Å². The van der Waals surface area contributed by atoms with Crippen LogP contribution in [-0.4, -0.2) is 67.8 Å². The maximum Gasteiger partial charge on any atom is 0.497 e. The summed E-state index contributed by atoms with van der Waals surface area (Å²) >= 11 is 0. The summed E-state index contributed by atoms with van der Waals surface area (Å²) in [5, 5.41) is 11.3. The van der Waals surface area contributed by atoms with Gasteiger partial charge in [0.1, 0.15) is 0 Å². The number of nitrogens with one attached hydrogen (secondary N) is 2. The lowest BCUT2D eigenvalue weighted by molar-refractivity contribution is 0.00578. The molecule has 7 heteroatoms. The van der Waals surface area contributed by atoms with Crippen LogP contribution in [0.15, 0.2) is 11.7 Å². The molecule has 0 spiro atoms. The van der Waals surface area contributed by atoms with Crippen LogP contribution in [0.1, 0.15) is 53.4 Å². The number of hydrogen-bond donors (Lipinski definition) is 2. The molecule has 0 radical (unpaired) electrons. The summed E-state index contributed by atoms with van der Waals surface area (Å²) in [6.07, 6.45) is 7.84. The highest BCUT2D eigenvalue weighted by atomic mass is 16.7. The van der Waals surface area contributed by atoms with Crippen LogP contribution in [-0.2, 0) is 14.0 Å². The third kappa shape index (κ3) is 4.33. The first-order valence-corrected chi connectivity index (χ1v) is 9.96. The fourth-order valence-electron chi connectivity index (χ4n) is 3.85. The highest BCUT2D eigenvalue weighted by molar-refractivity contribution is 6.60. The van der Waals surface area contributed by atoms with Crippen LogP contribution >= 0.6 is 0 Å². The second kappa shape index (κ2) is 8.01. The topological polar surface area (TPSA) is 66.8 Å². The first kappa shape index (κ1) is 19.9. The summed E-state index contributed by atoms with van der Waals surface area (Å²) in [6, 6.07) is 1.14. The molecule has 3 aliphatic heterocycles. The first-order chi connectivity index (χ1) is 12.3. The Bertz CT molecular complexity index is 508. The van der Waals surface area contributed by atoms with Crippen molar-refractivity contribution in [2.45, 2.75) is 76.7 Å². The van der Waals surface area contributed by atoms with Gasteiger partial charge in [0, 0.05) is 50.1 Å². The molecule has 0 aromatic heterocycles. The number of piperidine rings is 1. The molecule has 26 heavy (non-hydrogen) atoms. The summed E-state index contributed by atoms with van der Waals surface area (Å²) < 4.78 is 17.6. The fourth-order valence-corrected chi connectivity index (χ4v) is 3.85. The number of rotatable bonds is 5. The predicted octanol–water partition coefficient (Wildman–Crippen LogP) is 2.38. The zero-order chi connectivity index (χ0) is 18.8. The monoisotopic (exact) mass is 363 g/mol. The van der Waals surface area contributed by atoms with E-state index in [-0.39, 0.29) is 11.2 Å². The van der Waals surface area contributed by atoms with Crippen LogP contribution in [0, 0.1) is 5.41 Å². The van der Waals surface area contributed by atoms with Crippen molar-refractivity contribution in [2.75, 3.05) is 26.3 Å². The summed E-state index contributed by atoms with van der Waals surface area (Å²) in [7, 11) is -0.479. The lowest BCUT2D eigenvalue weighted by atomic mass is 9.79. The van der Waals surface area contributed by atoms with Gasteiger partial charge in [-0.05, 0) is 59.6 Å².